The molecule has 2 unspecified atom stereocenters. The Morgan fingerprint density at radius 1 is 1.17 bits per heavy atom. The normalized spacial score (nSPS) is 19.3. The van der Waals surface area contributed by atoms with Crippen molar-refractivity contribution in [2.75, 3.05) is 19.5 Å². The van der Waals surface area contributed by atoms with Gasteiger partial charge in [0.2, 0.25) is 5.95 Å². The highest BCUT2D eigenvalue weighted by Gasteiger charge is 2.35. The minimum atomic E-state index is -0.308. The van der Waals surface area contributed by atoms with Gasteiger partial charge in [-0.15, -0.1) is 0 Å². The van der Waals surface area contributed by atoms with Gasteiger partial charge in [0.1, 0.15) is 11.5 Å². The lowest BCUT2D eigenvalue weighted by Gasteiger charge is -2.40. The van der Waals surface area contributed by atoms with E-state index in [9.17, 15) is 4.79 Å². The molecule has 1 aromatic heterocycles. The number of hydrogen-bond donors (Lipinski definition) is 1. The number of carbonyl (C=O) groups is 1. The summed E-state index contributed by atoms with van der Waals surface area (Å²) in [6.45, 7) is 11.1. The van der Waals surface area contributed by atoms with Crippen LogP contribution in [-0.4, -0.2) is 35.8 Å². The van der Waals surface area contributed by atoms with Gasteiger partial charge in [0.15, 0.2) is 0 Å². The molecule has 1 saturated carbocycles. The second kappa shape index (κ2) is 10.4. The van der Waals surface area contributed by atoms with Crippen LogP contribution in [0.2, 0.25) is 0 Å². The van der Waals surface area contributed by atoms with Gasteiger partial charge in [-0.1, -0.05) is 20.8 Å². The number of anilines is 2. The zero-order chi connectivity index (χ0) is 26.0. The molecule has 1 N–H and O–H groups in total. The predicted octanol–water partition coefficient (Wildman–Crippen LogP) is 6.68. The quantitative estimate of drug-likeness (QED) is 0.353. The summed E-state index contributed by atoms with van der Waals surface area (Å²) in [5, 5.41) is 3.55. The maximum absolute atomic E-state index is 12.0. The highest BCUT2D eigenvalue weighted by atomic mass is 16.5. The molecule has 1 aliphatic rings. The van der Waals surface area contributed by atoms with Crippen molar-refractivity contribution in [1.82, 2.24) is 9.55 Å². The summed E-state index contributed by atoms with van der Waals surface area (Å²) < 4.78 is 18.7. The number of aromatic nitrogens is 2. The van der Waals surface area contributed by atoms with Crippen molar-refractivity contribution >= 4 is 28.6 Å². The van der Waals surface area contributed by atoms with Gasteiger partial charge in [0.25, 0.3) is 0 Å². The highest BCUT2D eigenvalue weighted by Crippen LogP contribution is 2.46. The van der Waals surface area contributed by atoms with E-state index in [1.165, 1.54) is 13.5 Å². The Balaban J connectivity index is 1.79. The van der Waals surface area contributed by atoms with E-state index < -0.39 is 0 Å². The summed E-state index contributed by atoms with van der Waals surface area (Å²) >= 11 is 0. The predicted molar refractivity (Wildman–Crippen MR) is 143 cm³/mol. The molecule has 0 radical (unpaired) electrons. The molecule has 194 valence electrons. The number of ether oxygens (including phenoxy) is 3. The smallest absolute Gasteiger partial charge is 0.310 e. The van der Waals surface area contributed by atoms with Crippen LogP contribution in [0.3, 0.4) is 0 Å². The lowest BCUT2D eigenvalue weighted by molar-refractivity contribution is -0.139. The molecule has 0 spiro atoms. The summed E-state index contributed by atoms with van der Waals surface area (Å²) in [6, 6.07) is 12.2. The number of fused-ring (bicyclic) bond motifs is 1. The molecule has 2 aromatic carbocycles. The fourth-order valence-corrected chi connectivity index (χ4v) is 5.69. The molecule has 1 fully saturated rings. The third kappa shape index (κ3) is 5.77. The Labute approximate surface area is 214 Å². The number of imidazole rings is 1. The van der Waals surface area contributed by atoms with Crippen molar-refractivity contribution < 1.29 is 19.0 Å². The molecule has 0 bridgehead atoms. The van der Waals surface area contributed by atoms with Gasteiger partial charge in [-0.2, -0.15) is 0 Å². The van der Waals surface area contributed by atoms with Gasteiger partial charge < -0.3 is 24.1 Å². The minimum absolute atomic E-state index is 0.124. The van der Waals surface area contributed by atoms with Crippen LogP contribution in [0.15, 0.2) is 36.4 Å². The number of benzene rings is 2. The van der Waals surface area contributed by atoms with E-state index in [4.69, 9.17) is 19.2 Å². The van der Waals surface area contributed by atoms with E-state index in [0.717, 1.165) is 46.8 Å². The summed E-state index contributed by atoms with van der Waals surface area (Å²) in [5.74, 6) is 2.59. The zero-order valence-corrected chi connectivity index (χ0v) is 22.6. The molecule has 1 aliphatic carbocycles. The molecule has 0 aliphatic heterocycles. The van der Waals surface area contributed by atoms with E-state index in [1.54, 1.807) is 7.11 Å². The van der Waals surface area contributed by atoms with Crippen molar-refractivity contribution in [3.05, 3.63) is 42.0 Å². The van der Waals surface area contributed by atoms with E-state index in [-0.39, 0.29) is 30.0 Å². The summed E-state index contributed by atoms with van der Waals surface area (Å²) in [5.41, 5.74) is 3.76. The first-order valence-corrected chi connectivity index (χ1v) is 12.8. The summed E-state index contributed by atoms with van der Waals surface area (Å²) in [6.07, 6.45) is 3.61. The first-order valence-electron chi connectivity index (χ1n) is 12.8. The standard InChI is InChI=1S/C29H39N3O4/c1-18(2)36-23-10-8-21(9-11-23)30-28-31-24-13-20(14-27(33)35-7)26(34-6)15-25(24)32(28)22-12-19(3)16-29(4,5)17-22/h8-11,13,15,18-19,22H,12,14,16-17H2,1-7H3,(H,30,31). The number of nitrogens with one attached hydrogen (secondary N) is 1. The van der Waals surface area contributed by atoms with Crippen LogP contribution in [0.1, 0.15) is 65.5 Å². The zero-order valence-electron chi connectivity index (χ0n) is 22.6. The van der Waals surface area contributed by atoms with Crippen molar-refractivity contribution in [3.8, 4) is 11.5 Å². The van der Waals surface area contributed by atoms with Crippen molar-refractivity contribution in [3.63, 3.8) is 0 Å². The maximum Gasteiger partial charge on any atom is 0.310 e. The third-order valence-electron chi connectivity index (χ3n) is 6.87. The molecule has 7 nitrogen and oxygen atoms in total. The van der Waals surface area contributed by atoms with Crippen molar-refractivity contribution in [2.45, 2.75) is 72.4 Å². The lowest BCUT2D eigenvalue weighted by Crippen LogP contribution is -2.29. The Morgan fingerprint density at radius 2 is 1.89 bits per heavy atom. The van der Waals surface area contributed by atoms with Crippen LogP contribution in [0.25, 0.3) is 11.0 Å². The Morgan fingerprint density at radius 3 is 2.50 bits per heavy atom. The van der Waals surface area contributed by atoms with Gasteiger partial charge in [-0.05, 0) is 74.8 Å². The molecule has 3 aromatic rings. The Bertz CT molecular complexity index is 1210. The van der Waals surface area contributed by atoms with Gasteiger partial charge in [-0.25, -0.2) is 4.98 Å². The van der Waals surface area contributed by atoms with Crippen molar-refractivity contribution in [2.24, 2.45) is 11.3 Å². The lowest BCUT2D eigenvalue weighted by atomic mass is 9.70. The van der Waals surface area contributed by atoms with E-state index >= 15 is 0 Å². The van der Waals surface area contributed by atoms with Crippen LogP contribution in [0.4, 0.5) is 11.6 Å². The summed E-state index contributed by atoms with van der Waals surface area (Å²) in [7, 11) is 3.03. The second-order valence-corrected chi connectivity index (χ2v) is 11.1. The molecular weight excluding hydrogens is 454 g/mol. The average molecular weight is 494 g/mol. The van der Waals surface area contributed by atoms with Crippen LogP contribution in [0.5, 0.6) is 11.5 Å². The Hall–Kier alpha value is -3.22. The molecule has 36 heavy (non-hydrogen) atoms. The van der Waals surface area contributed by atoms with Gasteiger partial charge >= 0.3 is 5.97 Å². The number of carbonyl (C=O) groups excluding carboxylic acids is 1. The first kappa shape index (κ1) is 25.9. The van der Waals surface area contributed by atoms with Crippen LogP contribution in [0, 0.1) is 11.3 Å². The fourth-order valence-electron chi connectivity index (χ4n) is 5.69. The highest BCUT2D eigenvalue weighted by molar-refractivity contribution is 5.84. The maximum atomic E-state index is 12.0. The van der Waals surface area contributed by atoms with Crippen LogP contribution >= 0.6 is 0 Å². The fraction of sp³-hybridized carbons (Fsp3) is 0.517. The van der Waals surface area contributed by atoms with E-state index in [0.29, 0.717) is 11.7 Å². The van der Waals surface area contributed by atoms with Gasteiger partial charge in [-0.3, -0.25) is 4.79 Å². The molecule has 7 heteroatoms. The Kier molecular flexibility index (Phi) is 7.48. The average Bonchev–Trinajstić information content (AvgIpc) is 3.14. The second-order valence-electron chi connectivity index (χ2n) is 11.1. The number of rotatable bonds is 8. The SMILES string of the molecule is COC(=O)Cc1cc2nc(Nc3ccc(OC(C)C)cc3)n(C3CC(C)CC(C)(C)C3)c2cc1OC. The number of methoxy groups -OCH3 is 2. The van der Waals surface area contributed by atoms with Gasteiger partial charge in [0.05, 0.1) is 37.8 Å². The summed E-state index contributed by atoms with van der Waals surface area (Å²) in [4.78, 5) is 17.0. The van der Waals surface area contributed by atoms with E-state index in [2.05, 4.69) is 30.7 Å². The molecule has 1 heterocycles. The minimum Gasteiger partial charge on any atom is -0.496 e. The largest absolute Gasteiger partial charge is 0.496 e. The molecule has 0 saturated heterocycles. The first-order chi connectivity index (χ1) is 17.1. The molecule has 0 amide bonds. The topological polar surface area (TPSA) is 74.6 Å². The van der Waals surface area contributed by atoms with Crippen LogP contribution in [-0.2, 0) is 16.0 Å². The van der Waals surface area contributed by atoms with Gasteiger partial charge in [0, 0.05) is 23.4 Å². The number of hydrogen-bond acceptors (Lipinski definition) is 6. The number of esters is 1. The number of nitrogens with zero attached hydrogens (tertiary/aromatic N) is 2. The van der Waals surface area contributed by atoms with Crippen LogP contribution < -0.4 is 14.8 Å². The van der Waals surface area contributed by atoms with E-state index in [1.807, 2.05) is 50.2 Å². The van der Waals surface area contributed by atoms with Crippen molar-refractivity contribution in [1.29, 1.82) is 0 Å². The molecule has 4 rings (SSSR count). The monoisotopic (exact) mass is 493 g/mol. The molecular formula is C29H39N3O4. The third-order valence-corrected chi connectivity index (χ3v) is 6.87. The molecule has 2 atom stereocenters.